The molecule has 0 aliphatic heterocycles. The van der Waals surface area contributed by atoms with E-state index in [0.29, 0.717) is 11.5 Å². The van der Waals surface area contributed by atoms with E-state index in [0.717, 1.165) is 30.6 Å². The fourth-order valence-electron chi connectivity index (χ4n) is 3.94. The second-order valence-electron chi connectivity index (χ2n) is 10.2. The van der Waals surface area contributed by atoms with Crippen LogP contribution in [0, 0.1) is 17.3 Å². The molecule has 0 saturated heterocycles. The van der Waals surface area contributed by atoms with Gasteiger partial charge in [-0.3, -0.25) is 19.6 Å². The van der Waals surface area contributed by atoms with Crippen molar-refractivity contribution < 1.29 is 29.1 Å². The van der Waals surface area contributed by atoms with Gasteiger partial charge in [0.15, 0.2) is 0 Å². The van der Waals surface area contributed by atoms with Gasteiger partial charge in [-0.05, 0) is 38.5 Å². The number of nitrogens with zero attached hydrogens (tertiary/aromatic N) is 2. The van der Waals surface area contributed by atoms with Crippen molar-refractivity contribution in [2.24, 2.45) is 23.0 Å². The Hall–Kier alpha value is -2.16. The van der Waals surface area contributed by atoms with E-state index in [4.69, 9.17) is 10.5 Å². The number of nitrogens with two attached hydrogens (primary N) is 1. The first-order valence-corrected chi connectivity index (χ1v) is 10.4. The minimum Gasteiger partial charge on any atom is -0.443 e. The molecular weight excluding hydrogens is 390 g/mol. The Morgan fingerprint density at radius 1 is 1.13 bits per heavy atom. The first kappa shape index (κ1) is 25.9. The summed E-state index contributed by atoms with van der Waals surface area (Å²) in [6.07, 6.45) is 3.58. The predicted octanol–water partition coefficient (Wildman–Crippen LogP) is 2.69. The number of primary amides is 1. The molecule has 9 nitrogen and oxygen atoms in total. The van der Waals surface area contributed by atoms with E-state index in [1.165, 1.54) is 0 Å². The van der Waals surface area contributed by atoms with Crippen LogP contribution in [0.1, 0.15) is 73.6 Å². The molecule has 1 rings (SSSR count). The minimum absolute atomic E-state index is 0.210. The molecule has 0 aromatic carbocycles. The molecule has 9 heteroatoms. The van der Waals surface area contributed by atoms with Crippen molar-refractivity contribution in [3.8, 4) is 0 Å². The van der Waals surface area contributed by atoms with Crippen molar-refractivity contribution in [2.45, 2.75) is 85.3 Å². The quantitative estimate of drug-likeness (QED) is 0.348. The highest BCUT2D eigenvalue weighted by atomic mass is 16.6. The van der Waals surface area contributed by atoms with Gasteiger partial charge in [0.1, 0.15) is 11.6 Å². The fraction of sp³-hybridized carbons (Fsp3) is 0.810. The molecule has 4 amide bonds. The zero-order chi connectivity index (χ0) is 23.3. The zero-order valence-electron chi connectivity index (χ0n) is 19.0. The van der Waals surface area contributed by atoms with Gasteiger partial charge in [0.05, 0.1) is 12.5 Å². The maximum Gasteiger partial charge on any atom is 0.417 e. The maximum absolute atomic E-state index is 13.6. The lowest BCUT2D eigenvalue weighted by molar-refractivity contribution is -0.159. The van der Waals surface area contributed by atoms with Gasteiger partial charge in [-0.25, -0.2) is 14.8 Å². The lowest BCUT2D eigenvalue weighted by atomic mass is 9.84. The second kappa shape index (κ2) is 10.2. The fourth-order valence-corrected chi connectivity index (χ4v) is 3.94. The Labute approximate surface area is 178 Å². The van der Waals surface area contributed by atoms with Crippen LogP contribution in [-0.4, -0.2) is 57.7 Å². The molecule has 1 aliphatic rings. The standard InChI is InChI=1S/C21H37N3O6/c1-20(2,3)16(17(22)26)24(19(28)30-21(4,5)6)18(27)15(12-23(29)13-25)11-14-9-7-8-10-14/h13-16,29H,7-12H2,1-6H3,(H2,22,26)/t15-,16-/m1/s1. The van der Waals surface area contributed by atoms with Crippen LogP contribution >= 0.6 is 0 Å². The average molecular weight is 428 g/mol. The van der Waals surface area contributed by atoms with Crippen LogP contribution in [0.15, 0.2) is 0 Å². The first-order valence-electron chi connectivity index (χ1n) is 10.4. The number of rotatable bonds is 8. The van der Waals surface area contributed by atoms with Crippen LogP contribution in [0.5, 0.6) is 0 Å². The van der Waals surface area contributed by atoms with E-state index in [9.17, 15) is 24.4 Å². The number of carbonyl (C=O) groups excluding carboxylic acids is 4. The summed E-state index contributed by atoms with van der Waals surface area (Å²) >= 11 is 0. The average Bonchev–Trinajstić information content (AvgIpc) is 3.08. The Bertz CT molecular complexity index is 632. The minimum atomic E-state index is -1.26. The van der Waals surface area contributed by atoms with Crippen molar-refractivity contribution in [1.29, 1.82) is 0 Å². The molecule has 172 valence electrons. The van der Waals surface area contributed by atoms with Crippen LogP contribution in [0.3, 0.4) is 0 Å². The van der Waals surface area contributed by atoms with Gasteiger partial charge in [-0.2, -0.15) is 0 Å². The van der Waals surface area contributed by atoms with Crippen LogP contribution < -0.4 is 5.73 Å². The molecule has 0 aromatic rings. The lowest BCUT2D eigenvalue weighted by Crippen LogP contribution is -2.59. The van der Waals surface area contributed by atoms with Gasteiger partial charge in [-0.15, -0.1) is 0 Å². The molecule has 0 spiro atoms. The molecule has 1 saturated carbocycles. The highest BCUT2D eigenvalue weighted by molar-refractivity contribution is 5.99. The SMILES string of the molecule is CC(C)(C)OC(=O)N(C(=O)[C@H](CC1CCCC1)CN(O)C=O)[C@H](C(N)=O)C(C)(C)C. The van der Waals surface area contributed by atoms with E-state index in [1.54, 1.807) is 41.5 Å². The normalized spacial score (nSPS) is 17.2. The van der Waals surface area contributed by atoms with Gasteiger partial charge in [0.25, 0.3) is 0 Å². The van der Waals surface area contributed by atoms with E-state index in [-0.39, 0.29) is 18.9 Å². The van der Waals surface area contributed by atoms with Gasteiger partial charge in [-0.1, -0.05) is 46.5 Å². The van der Waals surface area contributed by atoms with Gasteiger partial charge in [0, 0.05) is 0 Å². The summed E-state index contributed by atoms with van der Waals surface area (Å²) in [6.45, 7) is 9.77. The van der Waals surface area contributed by atoms with Gasteiger partial charge in [0.2, 0.25) is 18.2 Å². The number of carbonyl (C=O) groups is 4. The van der Waals surface area contributed by atoms with Crippen molar-refractivity contribution in [3.63, 3.8) is 0 Å². The van der Waals surface area contributed by atoms with Gasteiger partial charge >= 0.3 is 6.09 Å². The van der Waals surface area contributed by atoms with E-state index in [1.807, 2.05) is 0 Å². The highest BCUT2D eigenvalue weighted by Crippen LogP contribution is 2.33. The summed E-state index contributed by atoms with van der Waals surface area (Å²) in [6, 6.07) is -1.26. The summed E-state index contributed by atoms with van der Waals surface area (Å²) in [5.74, 6) is -2.16. The summed E-state index contributed by atoms with van der Waals surface area (Å²) in [5, 5.41) is 10.1. The topological polar surface area (TPSA) is 130 Å². The number of hydroxylamine groups is 2. The maximum atomic E-state index is 13.6. The number of ether oxygens (including phenoxy) is 1. The van der Waals surface area contributed by atoms with Gasteiger partial charge < -0.3 is 10.5 Å². The third-order valence-corrected chi connectivity index (χ3v) is 5.15. The van der Waals surface area contributed by atoms with E-state index in [2.05, 4.69) is 0 Å². The first-order chi connectivity index (χ1) is 13.7. The van der Waals surface area contributed by atoms with Crippen molar-refractivity contribution in [1.82, 2.24) is 9.96 Å². The molecule has 30 heavy (non-hydrogen) atoms. The zero-order valence-corrected chi connectivity index (χ0v) is 19.0. The summed E-state index contributed by atoms with van der Waals surface area (Å²) in [4.78, 5) is 50.7. The molecular formula is C21H37N3O6. The summed E-state index contributed by atoms with van der Waals surface area (Å²) in [7, 11) is 0. The number of imide groups is 1. The molecule has 0 radical (unpaired) electrons. The molecule has 3 N–H and O–H groups in total. The number of amides is 4. The molecule has 0 heterocycles. The largest absolute Gasteiger partial charge is 0.443 e. The molecule has 0 aromatic heterocycles. The molecule has 0 bridgehead atoms. The molecule has 1 aliphatic carbocycles. The lowest BCUT2D eigenvalue weighted by Gasteiger charge is -2.39. The number of hydrogen-bond donors (Lipinski definition) is 2. The Morgan fingerprint density at radius 2 is 1.67 bits per heavy atom. The van der Waals surface area contributed by atoms with Crippen LogP contribution in [0.2, 0.25) is 0 Å². The third-order valence-electron chi connectivity index (χ3n) is 5.15. The molecule has 1 fully saturated rings. The van der Waals surface area contributed by atoms with E-state index < -0.39 is 40.9 Å². The van der Waals surface area contributed by atoms with Crippen molar-refractivity contribution in [2.75, 3.05) is 6.54 Å². The van der Waals surface area contributed by atoms with Crippen LogP contribution in [0.25, 0.3) is 0 Å². The Kier molecular flexibility index (Phi) is 8.83. The molecule has 2 atom stereocenters. The summed E-state index contributed by atoms with van der Waals surface area (Å²) in [5.41, 5.74) is 3.85. The predicted molar refractivity (Wildman–Crippen MR) is 110 cm³/mol. The smallest absolute Gasteiger partial charge is 0.417 e. The van der Waals surface area contributed by atoms with Crippen LogP contribution in [0.4, 0.5) is 4.79 Å². The Morgan fingerprint density at radius 3 is 2.07 bits per heavy atom. The van der Waals surface area contributed by atoms with Crippen molar-refractivity contribution in [3.05, 3.63) is 0 Å². The number of hydrogen-bond acceptors (Lipinski definition) is 6. The second-order valence-corrected chi connectivity index (χ2v) is 10.2. The van der Waals surface area contributed by atoms with Crippen LogP contribution in [-0.2, 0) is 19.1 Å². The van der Waals surface area contributed by atoms with E-state index >= 15 is 0 Å². The monoisotopic (exact) mass is 427 g/mol. The highest BCUT2D eigenvalue weighted by Gasteiger charge is 2.45. The third kappa shape index (κ3) is 7.59. The van der Waals surface area contributed by atoms with Crippen molar-refractivity contribution >= 4 is 24.3 Å². The summed E-state index contributed by atoms with van der Waals surface area (Å²) < 4.78 is 5.41. The Balaban J connectivity index is 3.36. The molecule has 0 unspecified atom stereocenters.